The number of hydrogen-bond donors (Lipinski definition) is 4. The number of nitrogens with one attached hydrogen (secondary N) is 1. The Morgan fingerprint density at radius 2 is 1.82 bits per heavy atom. The van der Waals surface area contributed by atoms with Gasteiger partial charge in [-0.1, -0.05) is 30.3 Å². The van der Waals surface area contributed by atoms with Gasteiger partial charge in [-0.15, -0.1) is 0 Å². The van der Waals surface area contributed by atoms with Gasteiger partial charge in [0.05, 0.1) is 17.9 Å². The van der Waals surface area contributed by atoms with E-state index in [1.165, 1.54) is 6.92 Å². The second kappa shape index (κ2) is 8.56. The van der Waals surface area contributed by atoms with Crippen molar-refractivity contribution in [3.05, 3.63) is 64.2 Å². The number of nitrogens with two attached hydrogens (primary N) is 2. The minimum atomic E-state index is -1.23. The van der Waals surface area contributed by atoms with Crippen LogP contribution >= 0.6 is 0 Å². The Bertz CT molecular complexity index is 881. The molecule has 8 heteroatoms. The maximum Gasteiger partial charge on any atom is 0.547 e. The largest absolute Gasteiger partial charge is 0.547 e. The molecule has 1 atom stereocenters. The molecule has 28 heavy (non-hydrogen) atoms. The van der Waals surface area contributed by atoms with Crippen molar-refractivity contribution in [2.24, 2.45) is 11.5 Å². The quantitative estimate of drug-likeness (QED) is 0.426. The summed E-state index contributed by atoms with van der Waals surface area (Å²) >= 11 is 0. The van der Waals surface area contributed by atoms with Gasteiger partial charge in [-0.3, -0.25) is 9.59 Å². The fourth-order valence-electron chi connectivity index (χ4n) is 3.45. The predicted molar refractivity (Wildman–Crippen MR) is 107 cm³/mol. The van der Waals surface area contributed by atoms with Crippen LogP contribution in [0.15, 0.2) is 36.4 Å². The third-order valence-electron chi connectivity index (χ3n) is 4.79. The van der Waals surface area contributed by atoms with E-state index >= 15 is 0 Å². The minimum Gasteiger partial charge on any atom is -0.534 e. The van der Waals surface area contributed by atoms with E-state index < -0.39 is 13.1 Å². The van der Waals surface area contributed by atoms with Crippen molar-refractivity contribution in [3.63, 3.8) is 0 Å². The smallest absolute Gasteiger partial charge is 0.534 e. The van der Waals surface area contributed by atoms with Gasteiger partial charge in [0, 0.05) is 13.1 Å². The maximum absolute atomic E-state index is 12.5. The first kappa shape index (κ1) is 20.1. The molecule has 0 saturated carbocycles. The highest BCUT2D eigenvalue weighted by atomic mass is 16.5. The molecule has 1 amide bonds. The summed E-state index contributed by atoms with van der Waals surface area (Å²) in [5.41, 5.74) is 15.3. The second-order valence-corrected chi connectivity index (χ2v) is 6.98. The molecule has 0 fully saturated rings. The maximum atomic E-state index is 12.5. The van der Waals surface area contributed by atoms with Crippen molar-refractivity contribution in [2.45, 2.75) is 38.8 Å². The van der Waals surface area contributed by atoms with Crippen LogP contribution < -0.4 is 21.4 Å². The Morgan fingerprint density at radius 3 is 2.43 bits per heavy atom. The molecule has 0 spiro atoms. The Balaban J connectivity index is 1.71. The summed E-state index contributed by atoms with van der Waals surface area (Å²) in [5, 5.41) is 13.1. The van der Waals surface area contributed by atoms with Crippen LogP contribution in [-0.4, -0.2) is 29.8 Å². The molecule has 2 aromatic carbocycles. The zero-order chi connectivity index (χ0) is 20.3. The van der Waals surface area contributed by atoms with Crippen LogP contribution in [-0.2, 0) is 30.7 Å². The van der Waals surface area contributed by atoms with Crippen LogP contribution in [0, 0.1) is 0 Å². The van der Waals surface area contributed by atoms with Crippen LogP contribution in [0.4, 0.5) is 0 Å². The van der Waals surface area contributed by atoms with Gasteiger partial charge in [-0.25, -0.2) is 0 Å². The van der Waals surface area contributed by atoms with E-state index in [9.17, 15) is 14.6 Å². The Labute approximate surface area is 164 Å². The fraction of sp³-hybridized carbons (Fsp3) is 0.300. The number of carbonyl (C=O) groups is 2. The number of hydrogen-bond acceptors (Lipinski definition) is 6. The number of para-hydroxylation sites is 1. The fourth-order valence-corrected chi connectivity index (χ4v) is 3.45. The molecule has 0 unspecified atom stereocenters. The molecule has 3 rings (SSSR count). The number of carbonyl (C=O) groups excluding carboxylic acids is 2. The van der Waals surface area contributed by atoms with E-state index in [1.54, 1.807) is 12.1 Å². The molecule has 6 N–H and O–H groups in total. The molecule has 0 radical (unpaired) electrons. The standard InChI is InChI=1S/C20H24BN3O4/c1-12(25)17-4-2-3-16-9-18(21(27)28-20(16)17)24-19(26)8-13-5-14(10-22)7-15(6-13)11-23/h2-7,18,27H,8-11,22-23H2,1H3,(H,24,26)/t18-/m0/s1. The molecule has 0 saturated heterocycles. The van der Waals surface area contributed by atoms with Crippen molar-refractivity contribution >= 4 is 18.8 Å². The molecule has 0 aliphatic carbocycles. The summed E-state index contributed by atoms with van der Waals surface area (Å²) in [6.45, 7) is 2.18. The molecule has 0 bridgehead atoms. The van der Waals surface area contributed by atoms with Gasteiger partial charge in [0.1, 0.15) is 5.75 Å². The average Bonchev–Trinajstić information content (AvgIpc) is 2.67. The molecular formula is C20H24BN3O4. The van der Waals surface area contributed by atoms with Crippen LogP contribution in [0.1, 0.15) is 39.5 Å². The number of ketones is 1. The van der Waals surface area contributed by atoms with Crippen molar-refractivity contribution in [3.8, 4) is 5.75 Å². The van der Waals surface area contributed by atoms with Gasteiger partial charge in [0.25, 0.3) is 0 Å². The van der Waals surface area contributed by atoms with E-state index in [2.05, 4.69) is 5.32 Å². The van der Waals surface area contributed by atoms with E-state index in [-0.39, 0.29) is 18.1 Å². The van der Waals surface area contributed by atoms with Gasteiger partial charge in [-0.2, -0.15) is 0 Å². The third kappa shape index (κ3) is 4.41. The number of rotatable bonds is 6. The van der Waals surface area contributed by atoms with Gasteiger partial charge in [0.15, 0.2) is 5.78 Å². The summed E-state index contributed by atoms with van der Waals surface area (Å²) in [4.78, 5) is 24.3. The molecule has 1 aliphatic heterocycles. The van der Waals surface area contributed by atoms with E-state index in [0.717, 1.165) is 22.3 Å². The van der Waals surface area contributed by atoms with Gasteiger partial charge in [-0.05, 0) is 41.7 Å². The van der Waals surface area contributed by atoms with E-state index in [0.29, 0.717) is 30.8 Å². The van der Waals surface area contributed by atoms with Gasteiger partial charge >= 0.3 is 7.12 Å². The van der Waals surface area contributed by atoms with Crippen LogP contribution in [0.3, 0.4) is 0 Å². The summed E-state index contributed by atoms with van der Waals surface area (Å²) in [7, 11) is -1.23. The SMILES string of the molecule is CC(=O)c1cccc2c1OB(O)[C@@H](NC(=O)Cc1cc(CN)cc(CN)c1)C2. The van der Waals surface area contributed by atoms with Crippen LogP contribution in [0.5, 0.6) is 5.75 Å². The first-order chi connectivity index (χ1) is 13.4. The monoisotopic (exact) mass is 381 g/mol. The number of Topliss-reactive ketones (excluding diaryl/α,β-unsaturated/α-hetero) is 1. The van der Waals surface area contributed by atoms with Crippen LogP contribution in [0.25, 0.3) is 0 Å². The average molecular weight is 381 g/mol. The first-order valence-electron chi connectivity index (χ1n) is 9.20. The first-order valence-corrected chi connectivity index (χ1v) is 9.20. The summed E-state index contributed by atoms with van der Waals surface area (Å²) in [6.07, 6.45) is 0.519. The third-order valence-corrected chi connectivity index (χ3v) is 4.79. The Kier molecular flexibility index (Phi) is 6.13. The Hall–Kier alpha value is -2.68. The highest BCUT2D eigenvalue weighted by molar-refractivity contribution is 6.47. The zero-order valence-corrected chi connectivity index (χ0v) is 15.8. The highest BCUT2D eigenvalue weighted by Gasteiger charge is 2.37. The number of fused-ring (bicyclic) bond motifs is 1. The van der Waals surface area contributed by atoms with Gasteiger partial charge < -0.3 is 26.5 Å². The Morgan fingerprint density at radius 1 is 1.18 bits per heavy atom. The topological polar surface area (TPSA) is 128 Å². The van der Waals surface area contributed by atoms with Gasteiger partial charge in [0.2, 0.25) is 5.91 Å². The van der Waals surface area contributed by atoms with Crippen molar-refractivity contribution < 1.29 is 19.3 Å². The molecule has 0 aromatic heterocycles. The lowest BCUT2D eigenvalue weighted by Gasteiger charge is -2.29. The summed E-state index contributed by atoms with van der Waals surface area (Å²) < 4.78 is 5.55. The molecule has 146 valence electrons. The molecular weight excluding hydrogens is 357 g/mol. The lowest BCUT2D eigenvalue weighted by atomic mass is 9.72. The molecule has 7 nitrogen and oxygen atoms in total. The summed E-state index contributed by atoms with van der Waals surface area (Å²) in [6, 6.07) is 10.9. The minimum absolute atomic E-state index is 0.137. The lowest BCUT2D eigenvalue weighted by Crippen LogP contribution is -2.53. The summed E-state index contributed by atoms with van der Waals surface area (Å²) in [5.74, 6) is -0.594. The molecule has 1 heterocycles. The van der Waals surface area contributed by atoms with Crippen LogP contribution in [0.2, 0.25) is 0 Å². The van der Waals surface area contributed by atoms with E-state index in [1.807, 2.05) is 24.3 Å². The lowest BCUT2D eigenvalue weighted by molar-refractivity contribution is -0.120. The predicted octanol–water partition coefficient (Wildman–Crippen LogP) is 0.489. The number of amides is 1. The second-order valence-electron chi connectivity index (χ2n) is 6.98. The molecule has 1 aliphatic rings. The van der Waals surface area contributed by atoms with Crippen molar-refractivity contribution in [1.29, 1.82) is 0 Å². The zero-order valence-electron chi connectivity index (χ0n) is 15.8. The van der Waals surface area contributed by atoms with Crippen molar-refractivity contribution in [1.82, 2.24) is 5.32 Å². The van der Waals surface area contributed by atoms with Crippen molar-refractivity contribution in [2.75, 3.05) is 0 Å². The van der Waals surface area contributed by atoms with E-state index in [4.69, 9.17) is 16.1 Å². The molecule has 2 aromatic rings. The number of benzene rings is 2. The normalized spacial score (nSPS) is 15.6. The highest BCUT2D eigenvalue weighted by Crippen LogP contribution is 2.30.